The van der Waals surface area contributed by atoms with Gasteiger partial charge in [0.25, 0.3) is 0 Å². The standard InChI is InChI=1S/C27H36N2O4S/c1-17-10-11-20(18(2)15-17)24(30)29(21-9-8-14-28(6)25(21)31)22-16-19(12-13-27(3,4)5)34-23(22)26(32)33-7/h10,16,18,20-21H,8-9,11,14-15H2,1-7H3/t18-,20-,21-/m0/s1. The average Bonchev–Trinajstić information content (AvgIpc) is 3.18. The second kappa shape index (κ2) is 10.4. The first-order chi connectivity index (χ1) is 15.9. The zero-order chi connectivity index (χ0) is 25.2. The van der Waals surface area contributed by atoms with Gasteiger partial charge in [-0.25, -0.2) is 4.79 Å². The van der Waals surface area contributed by atoms with Crippen molar-refractivity contribution in [2.24, 2.45) is 17.3 Å². The smallest absolute Gasteiger partial charge is 0.350 e. The van der Waals surface area contributed by atoms with Crippen LogP contribution in [0, 0.1) is 29.1 Å². The van der Waals surface area contributed by atoms with E-state index in [1.54, 1.807) is 22.9 Å². The Bertz CT molecular complexity index is 1050. The summed E-state index contributed by atoms with van der Waals surface area (Å²) in [6.07, 6.45) is 4.95. The van der Waals surface area contributed by atoms with Crippen molar-refractivity contribution in [3.05, 3.63) is 27.5 Å². The molecule has 184 valence electrons. The third-order valence-corrected chi connectivity index (χ3v) is 7.47. The number of methoxy groups -OCH3 is 1. The maximum absolute atomic E-state index is 14.1. The Labute approximate surface area is 207 Å². The Balaban J connectivity index is 2.14. The van der Waals surface area contributed by atoms with Crippen molar-refractivity contribution >= 4 is 34.8 Å². The molecule has 0 bridgehead atoms. The number of likely N-dealkylation sites (N-methyl/N-ethyl adjacent to an activating group) is 1. The van der Waals surface area contributed by atoms with Gasteiger partial charge in [-0.2, -0.15) is 0 Å². The second-order valence-electron chi connectivity index (χ2n) is 10.5. The van der Waals surface area contributed by atoms with Crippen molar-refractivity contribution in [2.75, 3.05) is 25.6 Å². The minimum atomic E-state index is -0.646. The predicted molar refractivity (Wildman–Crippen MR) is 136 cm³/mol. The SMILES string of the molecule is COC(=O)c1sc(C#CC(C)(C)C)cc1N(C(=O)[C@H]1CC=C(C)C[C@@H]1C)[C@H]1CCCN(C)C1=O. The molecule has 1 saturated heterocycles. The summed E-state index contributed by atoms with van der Waals surface area (Å²) in [5.74, 6) is 5.52. The van der Waals surface area contributed by atoms with E-state index >= 15 is 0 Å². The van der Waals surface area contributed by atoms with Gasteiger partial charge in [-0.15, -0.1) is 11.3 Å². The maximum Gasteiger partial charge on any atom is 0.350 e. The molecule has 1 aliphatic heterocycles. The Morgan fingerprint density at radius 2 is 2.00 bits per heavy atom. The lowest BCUT2D eigenvalue weighted by Gasteiger charge is -2.40. The van der Waals surface area contributed by atoms with Crippen LogP contribution in [0.3, 0.4) is 0 Å². The third kappa shape index (κ3) is 5.72. The number of allylic oxidation sites excluding steroid dienone is 2. The topological polar surface area (TPSA) is 66.9 Å². The van der Waals surface area contributed by atoms with Gasteiger partial charge in [-0.1, -0.05) is 30.4 Å². The highest BCUT2D eigenvalue weighted by molar-refractivity contribution is 7.15. The summed E-state index contributed by atoms with van der Waals surface area (Å²) < 4.78 is 5.06. The van der Waals surface area contributed by atoms with Gasteiger partial charge in [0, 0.05) is 24.9 Å². The lowest BCUT2D eigenvalue weighted by atomic mass is 9.80. The van der Waals surface area contributed by atoms with E-state index in [1.807, 2.05) is 20.8 Å². The van der Waals surface area contributed by atoms with Gasteiger partial charge in [-0.05, 0) is 65.4 Å². The van der Waals surface area contributed by atoms with Crippen LogP contribution in [0.1, 0.15) is 74.9 Å². The Kier molecular flexibility index (Phi) is 7.92. The normalized spacial score (nSPS) is 23.0. The molecule has 7 heteroatoms. The van der Waals surface area contributed by atoms with Crippen molar-refractivity contribution in [3.8, 4) is 11.8 Å². The van der Waals surface area contributed by atoms with Gasteiger partial charge in [0.2, 0.25) is 11.8 Å². The molecule has 1 aromatic heterocycles. The van der Waals surface area contributed by atoms with Gasteiger partial charge < -0.3 is 9.64 Å². The number of carbonyl (C=O) groups is 3. The van der Waals surface area contributed by atoms with Crippen molar-refractivity contribution in [2.45, 2.75) is 66.3 Å². The highest BCUT2D eigenvalue weighted by Gasteiger charge is 2.41. The predicted octanol–water partition coefficient (Wildman–Crippen LogP) is 4.88. The number of nitrogens with zero attached hydrogens (tertiary/aromatic N) is 2. The van der Waals surface area contributed by atoms with E-state index < -0.39 is 12.0 Å². The van der Waals surface area contributed by atoms with Crippen LogP contribution in [-0.4, -0.2) is 49.4 Å². The lowest BCUT2D eigenvalue weighted by molar-refractivity contribution is -0.136. The van der Waals surface area contributed by atoms with Crippen LogP contribution in [0.5, 0.6) is 0 Å². The Morgan fingerprint density at radius 1 is 1.29 bits per heavy atom. The summed E-state index contributed by atoms with van der Waals surface area (Å²) in [5, 5.41) is 0. The zero-order valence-electron chi connectivity index (χ0n) is 21.4. The molecule has 1 aromatic rings. The van der Waals surface area contributed by atoms with E-state index in [-0.39, 0.29) is 29.1 Å². The molecule has 6 nitrogen and oxygen atoms in total. The first kappa shape index (κ1) is 26.0. The first-order valence-corrected chi connectivity index (χ1v) is 12.7. The molecule has 2 aliphatic rings. The summed E-state index contributed by atoms with van der Waals surface area (Å²) in [6.45, 7) is 10.9. The molecule has 0 spiro atoms. The van der Waals surface area contributed by atoms with Gasteiger partial charge in [0.15, 0.2) is 0 Å². The number of carbonyl (C=O) groups excluding carboxylic acids is 3. The molecule has 0 unspecified atom stereocenters. The fraction of sp³-hybridized carbons (Fsp3) is 0.593. The number of anilines is 1. The van der Waals surface area contributed by atoms with Crippen molar-refractivity contribution < 1.29 is 19.1 Å². The lowest BCUT2D eigenvalue weighted by Crippen LogP contribution is -2.55. The fourth-order valence-electron chi connectivity index (χ4n) is 4.62. The number of piperidine rings is 1. The molecule has 3 rings (SSSR count). The van der Waals surface area contributed by atoms with Crippen molar-refractivity contribution in [1.82, 2.24) is 4.90 Å². The van der Waals surface area contributed by atoms with Crippen molar-refractivity contribution in [1.29, 1.82) is 0 Å². The molecular formula is C27H36N2O4S. The van der Waals surface area contributed by atoms with E-state index in [1.165, 1.54) is 24.0 Å². The van der Waals surface area contributed by atoms with Crippen LogP contribution < -0.4 is 4.90 Å². The van der Waals surface area contributed by atoms with Gasteiger partial charge in [0.05, 0.1) is 17.7 Å². The van der Waals surface area contributed by atoms with Crippen LogP contribution in [0.4, 0.5) is 5.69 Å². The molecule has 0 radical (unpaired) electrons. The molecule has 0 aromatic carbocycles. The highest BCUT2D eigenvalue weighted by Crippen LogP contribution is 2.38. The molecular weight excluding hydrogens is 448 g/mol. The maximum atomic E-state index is 14.1. The Morgan fingerprint density at radius 3 is 2.62 bits per heavy atom. The van der Waals surface area contributed by atoms with Crippen LogP contribution in [0.2, 0.25) is 0 Å². The molecule has 2 amide bonds. The fourth-order valence-corrected chi connectivity index (χ4v) is 5.54. The van der Waals surface area contributed by atoms with Crippen LogP contribution in [-0.2, 0) is 14.3 Å². The molecule has 0 N–H and O–H groups in total. The Hall–Kier alpha value is -2.59. The minimum Gasteiger partial charge on any atom is -0.465 e. The minimum absolute atomic E-state index is 0.0980. The van der Waals surface area contributed by atoms with E-state index in [4.69, 9.17) is 4.74 Å². The largest absolute Gasteiger partial charge is 0.465 e. The molecule has 34 heavy (non-hydrogen) atoms. The van der Waals surface area contributed by atoms with Crippen molar-refractivity contribution in [3.63, 3.8) is 0 Å². The van der Waals surface area contributed by atoms with Crippen LogP contribution in [0.25, 0.3) is 0 Å². The summed E-state index contributed by atoms with van der Waals surface area (Å²) in [5.41, 5.74) is 1.50. The van der Waals surface area contributed by atoms with Gasteiger partial charge >= 0.3 is 5.97 Å². The number of likely N-dealkylation sites (tertiary alicyclic amines) is 1. The number of amides is 2. The van der Waals surface area contributed by atoms with Gasteiger partial charge in [-0.3, -0.25) is 14.5 Å². The number of hydrogen-bond donors (Lipinski definition) is 0. The van der Waals surface area contributed by atoms with Gasteiger partial charge in [0.1, 0.15) is 10.9 Å². The van der Waals surface area contributed by atoms with Crippen LogP contribution in [0.15, 0.2) is 17.7 Å². The zero-order valence-corrected chi connectivity index (χ0v) is 22.2. The average molecular weight is 485 g/mol. The van der Waals surface area contributed by atoms with Crippen LogP contribution >= 0.6 is 11.3 Å². The molecule has 0 saturated carbocycles. The van der Waals surface area contributed by atoms with E-state index in [9.17, 15) is 14.4 Å². The number of thiophene rings is 1. The molecule has 1 aliphatic carbocycles. The molecule has 1 fully saturated rings. The number of esters is 1. The van der Waals surface area contributed by atoms with E-state index in [0.29, 0.717) is 34.8 Å². The number of hydrogen-bond acceptors (Lipinski definition) is 5. The van der Waals surface area contributed by atoms with E-state index in [2.05, 4.69) is 31.8 Å². The third-order valence-electron chi connectivity index (χ3n) is 6.45. The number of ether oxygens (including phenoxy) is 1. The second-order valence-corrected chi connectivity index (χ2v) is 11.6. The summed E-state index contributed by atoms with van der Waals surface area (Å²) in [6, 6.07) is 1.14. The quantitative estimate of drug-likeness (QED) is 0.347. The first-order valence-electron chi connectivity index (χ1n) is 11.9. The van der Waals surface area contributed by atoms with E-state index in [0.717, 1.165) is 12.8 Å². The summed E-state index contributed by atoms with van der Waals surface area (Å²) in [4.78, 5) is 44.4. The summed E-state index contributed by atoms with van der Waals surface area (Å²) in [7, 11) is 3.09. The highest BCUT2D eigenvalue weighted by atomic mass is 32.1. The molecule has 3 atom stereocenters. The monoisotopic (exact) mass is 484 g/mol. The summed E-state index contributed by atoms with van der Waals surface area (Å²) >= 11 is 1.21. The number of rotatable bonds is 4. The molecule has 2 heterocycles.